The van der Waals surface area contributed by atoms with Crippen molar-refractivity contribution in [2.75, 3.05) is 31.1 Å². The summed E-state index contributed by atoms with van der Waals surface area (Å²) in [5.74, 6) is -0.185. The minimum absolute atomic E-state index is 0.185. The monoisotopic (exact) mass is 311 g/mol. The van der Waals surface area contributed by atoms with E-state index in [9.17, 15) is 9.59 Å². The van der Waals surface area contributed by atoms with Gasteiger partial charge in [0.2, 0.25) is 0 Å². The number of carbonyl (C=O) groups excluding carboxylic acids is 1. The third-order valence-corrected chi connectivity index (χ3v) is 4.22. The number of piperazine rings is 1. The lowest BCUT2D eigenvalue weighted by atomic mass is 10.1. The summed E-state index contributed by atoms with van der Waals surface area (Å²) in [6, 6.07) is 9.84. The van der Waals surface area contributed by atoms with E-state index >= 15 is 0 Å². The summed E-state index contributed by atoms with van der Waals surface area (Å²) in [5.41, 5.74) is 3.18. The van der Waals surface area contributed by atoms with Gasteiger partial charge in [0.25, 0.3) is 5.91 Å². The van der Waals surface area contributed by atoms with Crippen molar-refractivity contribution in [2.24, 2.45) is 0 Å². The van der Waals surface area contributed by atoms with Crippen LogP contribution in [0.15, 0.2) is 41.3 Å². The molecule has 2 heterocycles. The molecule has 1 aromatic carbocycles. The van der Waals surface area contributed by atoms with Crippen molar-refractivity contribution >= 4 is 11.6 Å². The van der Waals surface area contributed by atoms with E-state index in [1.165, 1.54) is 23.5 Å². The second-order valence-corrected chi connectivity index (χ2v) is 6.01. The molecular formula is C18H21N3O2. The van der Waals surface area contributed by atoms with Gasteiger partial charge in [0, 0.05) is 49.8 Å². The van der Waals surface area contributed by atoms with Crippen LogP contribution in [-0.2, 0) is 0 Å². The van der Waals surface area contributed by atoms with Crippen molar-refractivity contribution in [3.63, 3.8) is 0 Å². The van der Waals surface area contributed by atoms with E-state index in [1.807, 2.05) is 6.07 Å². The molecule has 1 amide bonds. The topological polar surface area (TPSA) is 56.4 Å². The molecule has 0 bridgehead atoms. The zero-order valence-corrected chi connectivity index (χ0v) is 13.5. The number of benzene rings is 1. The lowest BCUT2D eigenvalue weighted by molar-refractivity contribution is 0.0745. The lowest BCUT2D eigenvalue weighted by Crippen LogP contribution is -2.49. The first-order chi connectivity index (χ1) is 11.0. The Hall–Kier alpha value is -2.56. The standard InChI is InChI=1S/C18H21N3O2/c1-13-4-3-5-15(10-13)20-6-8-21(9-7-20)18(23)16-12-19-14(2)11-17(16)22/h3-5,10-12H,6-9H2,1-2H3,(H,19,22). The van der Waals surface area contributed by atoms with Crippen LogP contribution in [-0.4, -0.2) is 42.0 Å². The lowest BCUT2D eigenvalue weighted by Gasteiger charge is -2.36. The number of pyridine rings is 1. The summed E-state index contributed by atoms with van der Waals surface area (Å²) in [6.45, 7) is 6.68. The van der Waals surface area contributed by atoms with Gasteiger partial charge in [-0.25, -0.2) is 0 Å². The highest BCUT2D eigenvalue weighted by Gasteiger charge is 2.23. The predicted molar refractivity (Wildman–Crippen MR) is 91.1 cm³/mol. The molecule has 0 spiro atoms. The molecule has 3 rings (SSSR count). The largest absolute Gasteiger partial charge is 0.368 e. The van der Waals surface area contributed by atoms with Crippen molar-refractivity contribution < 1.29 is 4.79 Å². The fraction of sp³-hybridized carbons (Fsp3) is 0.333. The Morgan fingerprint density at radius 2 is 1.83 bits per heavy atom. The van der Waals surface area contributed by atoms with Gasteiger partial charge in [-0.05, 0) is 31.5 Å². The van der Waals surface area contributed by atoms with Gasteiger partial charge in [0.15, 0.2) is 5.43 Å². The average molecular weight is 311 g/mol. The molecule has 1 fully saturated rings. The number of hydrogen-bond acceptors (Lipinski definition) is 3. The highest BCUT2D eigenvalue weighted by molar-refractivity contribution is 5.94. The van der Waals surface area contributed by atoms with E-state index in [1.54, 1.807) is 11.8 Å². The maximum atomic E-state index is 12.5. The van der Waals surface area contributed by atoms with Crippen molar-refractivity contribution in [3.8, 4) is 0 Å². The van der Waals surface area contributed by atoms with E-state index in [4.69, 9.17) is 0 Å². The Morgan fingerprint density at radius 3 is 2.48 bits per heavy atom. The van der Waals surface area contributed by atoms with E-state index in [0.29, 0.717) is 13.1 Å². The first kappa shape index (κ1) is 15.3. The summed E-state index contributed by atoms with van der Waals surface area (Å²) in [4.78, 5) is 31.5. The van der Waals surface area contributed by atoms with Crippen LogP contribution in [0.25, 0.3) is 0 Å². The van der Waals surface area contributed by atoms with Crippen LogP contribution in [0.4, 0.5) is 5.69 Å². The fourth-order valence-electron chi connectivity index (χ4n) is 2.90. The minimum Gasteiger partial charge on any atom is -0.368 e. The highest BCUT2D eigenvalue weighted by atomic mass is 16.2. The number of nitrogens with zero attached hydrogens (tertiary/aromatic N) is 2. The molecule has 1 N–H and O–H groups in total. The number of aromatic amines is 1. The molecular weight excluding hydrogens is 290 g/mol. The van der Waals surface area contributed by atoms with E-state index in [0.717, 1.165) is 18.8 Å². The second-order valence-electron chi connectivity index (χ2n) is 6.01. The van der Waals surface area contributed by atoms with Crippen LogP contribution < -0.4 is 10.3 Å². The number of aryl methyl sites for hydroxylation is 2. The number of anilines is 1. The molecule has 1 aliphatic heterocycles. The van der Waals surface area contributed by atoms with Gasteiger partial charge in [-0.3, -0.25) is 9.59 Å². The van der Waals surface area contributed by atoms with Crippen LogP contribution in [0.5, 0.6) is 0 Å². The molecule has 0 unspecified atom stereocenters. The van der Waals surface area contributed by atoms with Gasteiger partial charge in [0.1, 0.15) is 5.56 Å². The third-order valence-electron chi connectivity index (χ3n) is 4.22. The molecule has 2 aromatic rings. The van der Waals surface area contributed by atoms with E-state index in [2.05, 4.69) is 35.0 Å². The van der Waals surface area contributed by atoms with Crippen molar-refractivity contribution in [3.05, 3.63) is 63.6 Å². The first-order valence-electron chi connectivity index (χ1n) is 7.85. The van der Waals surface area contributed by atoms with Crippen LogP contribution >= 0.6 is 0 Å². The normalized spacial score (nSPS) is 14.9. The molecule has 120 valence electrons. The summed E-state index contributed by atoms with van der Waals surface area (Å²) in [6.07, 6.45) is 1.52. The summed E-state index contributed by atoms with van der Waals surface area (Å²) in [7, 11) is 0. The molecule has 23 heavy (non-hydrogen) atoms. The molecule has 5 heteroatoms. The Labute approximate surface area is 135 Å². The predicted octanol–water partition coefficient (Wildman–Crippen LogP) is 1.95. The maximum absolute atomic E-state index is 12.5. The van der Waals surface area contributed by atoms with Gasteiger partial charge in [0.05, 0.1) is 0 Å². The molecule has 0 atom stereocenters. The minimum atomic E-state index is -0.215. The zero-order chi connectivity index (χ0) is 16.4. The molecule has 0 saturated carbocycles. The van der Waals surface area contributed by atoms with Gasteiger partial charge >= 0.3 is 0 Å². The maximum Gasteiger partial charge on any atom is 0.259 e. The first-order valence-corrected chi connectivity index (χ1v) is 7.85. The zero-order valence-electron chi connectivity index (χ0n) is 13.5. The highest BCUT2D eigenvalue weighted by Crippen LogP contribution is 2.18. The van der Waals surface area contributed by atoms with Crippen LogP contribution in [0.1, 0.15) is 21.6 Å². The van der Waals surface area contributed by atoms with Gasteiger partial charge in [-0.1, -0.05) is 12.1 Å². The third kappa shape index (κ3) is 3.28. The number of rotatable bonds is 2. The molecule has 1 saturated heterocycles. The Bertz CT molecular complexity index is 774. The SMILES string of the molecule is Cc1cccc(N2CCN(C(=O)c3c[nH]c(C)cc3=O)CC2)c1. The Kier molecular flexibility index (Phi) is 4.19. The van der Waals surface area contributed by atoms with Crippen molar-refractivity contribution in [1.82, 2.24) is 9.88 Å². The number of nitrogens with one attached hydrogen (secondary N) is 1. The van der Waals surface area contributed by atoms with Gasteiger partial charge < -0.3 is 14.8 Å². The summed E-state index contributed by atoms with van der Waals surface area (Å²) >= 11 is 0. The number of carbonyl (C=O) groups is 1. The number of amides is 1. The molecule has 0 aliphatic carbocycles. The summed E-state index contributed by atoms with van der Waals surface area (Å²) < 4.78 is 0. The smallest absolute Gasteiger partial charge is 0.259 e. The van der Waals surface area contributed by atoms with E-state index < -0.39 is 0 Å². The molecule has 5 nitrogen and oxygen atoms in total. The van der Waals surface area contributed by atoms with Crippen LogP contribution in [0.3, 0.4) is 0 Å². The molecule has 1 aliphatic rings. The molecule has 1 aromatic heterocycles. The van der Waals surface area contributed by atoms with Crippen LogP contribution in [0, 0.1) is 13.8 Å². The summed E-state index contributed by atoms with van der Waals surface area (Å²) in [5, 5.41) is 0. The quantitative estimate of drug-likeness (QED) is 0.922. The average Bonchev–Trinajstić information content (AvgIpc) is 2.54. The van der Waals surface area contributed by atoms with E-state index in [-0.39, 0.29) is 16.9 Å². The molecule has 0 radical (unpaired) electrons. The van der Waals surface area contributed by atoms with Gasteiger partial charge in [-0.15, -0.1) is 0 Å². The number of hydrogen-bond donors (Lipinski definition) is 1. The second kappa shape index (κ2) is 6.28. The van der Waals surface area contributed by atoms with Crippen LogP contribution in [0.2, 0.25) is 0 Å². The van der Waals surface area contributed by atoms with Gasteiger partial charge in [-0.2, -0.15) is 0 Å². The fourth-order valence-corrected chi connectivity index (χ4v) is 2.90. The van der Waals surface area contributed by atoms with Crippen molar-refractivity contribution in [1.29, 1.82) is 0 Å². The number of aromatic nitrogens is 1. The Morgan fingerprint density at radius 1 is 1.09 bits per heavy atom. The van der Waals surface area contributed by atoms with Crippen molar-refractivity contribution in [2.45, 2.75) is 13.8 Å². The number of H-pyrrole nitrogens is 1. The Balaban J connectivity index is 1.69.